The molecule has 0 aliphatic rings. The zero-order chi connectivity index (χ0) is 15.7. The van der Waals surface area contributed by atoms with Gasteiger partial charge < -0.3 is 5.32 Å². The highest BCUT2D eigenvalue weighted by atomic mass is 127. The molecule has 112 valence electrons. The average molecular weight is 412 g/mol. The van der Waals surface area contributed by atoms with Crippen LogP contribution in [0.1, 0.15) is 10.4 Å². The van der Waals surface area contributed by atoms with Crippen LogP contribution in [-0.2, 0) is 0 Å². The topological polar surface area (TPSA) is 78.7 Å². The van der Waals surface area contributed by atoms with E-state index in [-0.39, 0.29) is 11.3 Å². The highest BCUT2D eigenvalue weighted by Gasteiger charge is 2.16. The summed E-state index contributed by atoms with van der Waals surface area (Å²) < 4.78 is 16.4. The second-order valence-electron chi connectivity index (χ2n) is 4.47. The van der Waals surface area contributed by atoms with Gasteiger partial charge in [0.15, 0.2) is 0 Å². The Morgan fingerprint density at radius 3 is 2.86 bits per heavy atom. The van der Waals surface area contributed by atoms with Crippen LogP contribution >= 0.6 is 22.6 Å². The van der Waals surface area contributed by atoms with Gasteiger partial charge in [0.1, 0.15) is 18.0 Å². The molecule has 2 heterocycles. The zero-order valence-corrected chi connectivity index (χ0v) is 13.2. The van der Waals surface area contributed by atoms with Gasteiger partial charge in [-0.15, -0.1) is 0 Å². The third-order valence-corrected chi connectivity index (χ3v) is 3.79. The van der Waals surface area contributed by atoms with Crippen molar-refractivity contribution in [1.82, 2.24) is 14.9 Å². The molecule has 0 spiro atoms. The van der Waals surface area contributed by atoms with Crippen LogP contribution in [0.4, 0.5) is 15.9 Å². The smallest absolute Gasteiger partial charge is 0.278 e. The maximum absolute atomic E-state index is 14.0. The van der Waals surface area contributed by atoms with Crippen molar-refractivity contribution >= 4 is 45.5 Å². The lowest BCUT2D eigenvalue weighted by atomic mass is 10.2. The molecule has 0 unspecified atom stereocenters. The fraction of sp³-hybridized carbons (Fsp3) is 0. The number of fused-ring (bicyclic) bond motifs is 1. The van der Waals surface area contributed by atoms with Gasteiger partial charge in [-0.1, -0.05) is 0 Å². The molecule has 8 heteroatoms. The number of aromatic nitrogens is 2. The summed E-state index contributed by atoms with van der Waals surface area (Å²) in [7, 11) is 0. The van der Waals surface area contributed by atoms with Gasteiger partial charge in [-0.05, 0) is 52.9 Å². The maximum Gasteiger partial charge on any atom is 0.278 e. The number of carbonyl (C=O) groups is 1. The highest BCUT2D eigenvalue weighted by Crippen LogP contribution is 2.25. The van der Waals surface area contributed by atoms with E-state index in [0.29, 0.717) is 5.82 Å². The van der Waals surface area contributed by atoms with Gasteiger partial charge in [0.25, 0.3) is 5.91 Å². The molecule has 6 nitrogen and oxygen atoms in total. The molecule has 3 N–H and O–H groups in total. The third-order valence-electron chi connectivity index (χ3n) is 3.11. The number of benzene rings is 1. The Morgan fingerprint density at radius 2 is 2.14 bits per heavy atom. The number of halogens is 2. The Kier molecular flexibility index (Phi) is 3.94. The molecular weight excluding hydrogens is 402 g/mol. The first kappa shape index (κ1) is 14.7. The highest BCUT2D eigenvalue weighted by molar-refractivity contribution is 14.1. The fourth-order valence-corrected chi connectivity index (χ4v) is 2.54. The van der Waals surface area contributed by atoms with E-state index in [1.54, 1.807) is 34.3 Å². The Labute approximate surface area is 138 Å². The number of nitrogens with zero attached hydrogens (tertiary/aromatic N) is 2. The van der Waals surface area contributed by atoms with Gasteiger partial charge in [-0.3, -0.25) is 14.4 Å². The Bertz CT molecular complexity index is 865. The van der Waals surface area contributed by atoms with Gasteiger partial charge in [0, 0.05) is 3.57 Å². The molecule has 0 fully saturated rings. The van der Waals surface area contributed by atoms with Crippen molar-refractivity contribution in [3.05, 3.63) is 57.8 Å². The van der Waals surface area contributed by atoms with E-state index in [9.17, 15) is 9.18 Å². The summed E-state index contributed by atoms with van der Waals surface area (Å²) in [4.78, 5) is 15.8. The molecule has 2 aromatic heterocycles. The molecule has 0 saturated heterocycles. The van der Waals surface area contributed by atoms with E-state index in [1.165, 1.54) is 18.5 Å². The van der Waals surface area contributed by atoms with Gasteiger partial charge in [-0.2, -0.15) is 0 Å². The molecule has 0 atom stereocenters. The quantitative estimate of drug-likeness (QED) is 0.351. The molecular formula is C14H10FIN4O2. The average Bonchev–Trinajstić information content (AvgIpc) is 2.98. The van der Waals surface area contributed by atoms with Gasteiger partial charge in [0.05, 0.1) is 23.0 Å². The molecule has 1 aromatic carbocycles. The molecule has 0 aliphatic heterocycles. The van der Waals surface area contributed by atoms with Crippen molar-refractivity contribution in [2.45, 2.75) is 0 Å². The number of hydrogen-bond acceptors (Lipinski definition) is 4. The van der Waals surface area contributed by atoms with Crippen molar-refractivity contribution < 1.29 is 14.4 Å². The largest absolute Gasteiger partial charge is 0.338 e. The summed E-state index contributed by atoms with van der Waals surface area (Å²) >= 11 is 2.01. The predicted octanol–water partition coefficient (Wildman–Crippen LogP) is 2.94. The van der Waals surface area contributed by atoms with Crippen molar-refractivity contribution in [3.63, 3.8) is 0 Å². The number of anilines is 2. The molecule has 0 aliphatic carbocycles. The number of carbonyl (C=O) groups excluding carboxylic acids is 1. The number of pyridine rings is 1. The number of nitrogens with one attached hydrogen (secondary N) is 2. The van der Waals surface area contributed by atoms with Crippen LogP contribution in [0.15, 0.2) is 42.9 Å². The fourth-order valence-electron chi connectivity index (χ4n) is 2.08. The third kappa shape index (κ3) is 2.62. The van der Waals surface area contributed by atoms with Crippen LogP contribution in [0.25, 0.3) is 5.52 Å². The first-order valence-corrected chi connectivity index (χ1v) is 7.29. The van der Waals surface area contributed by atoms with E-state index in [4.69, 9.17) is 5.21 Å². The minimum absolute atomic E-state index is 0.158. The SMILES string of the molecule is O=C(NO)c1ccc2cncn2c1Nc1ccc(I)cc1F. The Hall–Kier alpha value is -2.20. The van der Waals surface area contributed by atoms with Gasteiger partial charge >= 0.3 is 0 Å². The standard InChI is InChI=1S/C14H10FIN4O2/c15-11-5-8(16)1-4-12(11)18-13-10(14(21)19-22)3-2-9-6-17-7-20(9)13/h1-7,18,22H,(H,19,21). The number of amides is 1. The Morgan fingerprint density at radius 1 is 1.32 bits per heavy atom. The summed E-state index contributed by atoms with van der Waals surface area (Å²) in [5.74, 6) is -0.843. The van der Waals surface area contributed by atoms with Crippen LogP contribution in [0.3, 0.4) is 0 Å². The lowest BCUT2D eigenvalue weighted by Crippen LogP contribution is -2.21. The first-order valence-electron chi connectivity index (χ1n) is 6.21. The van der Waals surface area contributed by atoms with Gasteiger partial charge in [0.2, 0.25) is 0 Å². The second kappa shape index (κ2) is 5.89. The van der Waals surface area contributed by atoms with Crippen LogP contribution < -0.4 is 10.8 Å². The summed E-state index contributed by atoms with van der Waals surface area (Å²) in [5.41, 5.74) is 2.68. The first-order chi connectivity index (χ1) is 10.6. The zero-order valence-electron chi connectivity index (χ0n) is 11.0. The predicted molar refractivity (Wildman–Crippen MR) is 86.8 cm³/mol. The minimum Gasteiger partial charge on any atom is -0.338 e. The molecule has 1 amide bonds. The molecule has 22 heavy (non-hydrogen) atoms. The van der Waals surface area contributed by atoms with Crippen LogP contribution in [0, 0.1) is 9.39 Å². The molecule has 0 radical (unpaired) electrons. The van der Waals surface area contributed by atoms with E-state index < -0.39 is 11.7 Å². The van der Waals surface area contributed by atoms with E-state index in [2.05, 4.69) is 10.3 Å². The summed E-state index contributed by atoms with van der Waals surface area (Å²) in [6.45, 7) is 0. The lowest BCUT2D eigenvalue weighted by molar-refractivity contribution is 0.0707. The number of rotatable bonds is 3. The minimum atomic E-state index is -0.705. The van der Waals surface area contributed by atoms with E-state index >= 15 is 0 Å². The molecule has 0 saturated carbocycles. The van der Waals surface area contributed by atoms with Crippen molar-refractivity contribution in [2.24, 2.45) is 0 Å². The van der Waals surface area contributed by atoms with Crippen LogP contribution in [-0.4, -0.2) is 20.5 Å². The summed E-state index contributed by atoms with van der Waals surface area (Å²) in [6.07, 6.45) is 3.10. The number of hydroxylamine groups is 1. The van der Waals surface area contributed by atoms with Crippen LogP contribution in [0.5, 0.6) is 0 Å². The monoisotopic (exact) mass is 412 g/mol. The van der Waals surface area contributed by atoms with Crippen molar-refractivity contribution in [3.8, 4) is 0 Å². The second-order valence-corrected chi connectivity index (χ2v) is 5.72. The molecule has 3 rings (SSSR count). The van der Waals surface area contributed by atoms with E-state index in [1.807, 2.05) is 22.6 Å². The molecule has 3 aromatic rings. The Balaban J connectivity index is 2.15. The van der Waals surface area contributed by atoms with E-state index in [0.717, 1.165) is 9.09 Å². The van der Waals surface area contributed by atoms with Crippen molar-refractivity contribution in [1.29, 1.82) is 0 Å². The molecule has 0 bridgehead atoms. The van der Waals surface area contributed by atoms with Crippen LogP contribution in [0.2, 0.25) is 0 Å². The number of imidazole rings is 1. The lowest BCUT2D eigenvalue weighted by Gasteiger charge is -2.14. The maximum atomic E-state index is 14.0. The van der Waals surface area contributed by atoms with Gasteiger partial charge in [-0.25, -0.2) is 14.9 Å². The number of hydrogen-bond donors (Lipinski definition) is 3. The summed E-state index contributed by atoms with van der Waals surface area (Å²) in [6, 6.07) is 7.89. The van der Waals surface area contributed by atoms with Crippen molar-refractivity contribution in [2.75, 3.05) is 5.32 Å². The normalized spacial score (nSPS) is 10.7. The summed E-state index contributed by atoms with van der Waals surface area (Å²) in [5, 5.41) is 11.8.